The maximum Gasteiger partial charge on any atom is 0.250 e. The molecule has 1 aliphatic carbocycles. The number of aryl methyl sites for hydroxylation is 1. The standard InChI is InChI=1S/C27H43N3O5/c1-19(2)11-21(18-31)12-25(32)22-13-23(15-28-14-22)27(34)30(24-6-7-24)17-20-5-8-26(33)29(16-20)9-4-10-35-3/h5,8,16,19,21-24,28,31H,4,6-7,9-15,17-18H2,1-3H3/t21?,22-,23?/m0/s1. The van der Waals surface area contributed by atoms with Gasteiger partial charge in [-0.25, -0.2) is 0 Å². The van der Waals surface area contributed by atoms with E-state index < -0.39 is 0 Å². The van der Waals surface area contributed by atoms with E-state index in [1.54, 1.807) is 17.7 Å². The minimum atomic E-state index is -0.233. The van der Waals surface area contributed by atoms with Gasteiger partial charge in [0, 0.05) is 77.1 Å². The number of rotatable bonds is 14. The zero-order valence-electron chi connectivity index (χ0n) is 21.6. The third-order valence-corrected chi connectivity index (χ3v) is 7.12. The van der Waals surface area contributed by atoms with Crippen molar-refractivity contribution in [3.63, 3.8) is 0 Å². The van der Waals surface area contributed by atoms with E-state index >= 15 is 0 Å². The summed E-state index contributed by atoms with van der Waals surface area (Å²) in [5, 5.41) is 13.0. The summed E-state index contributed by atoms with van der Waals surface area (Å²) >= 11 is 0. The first-order chi connectivity index (χ1) is 16.8. The molecule has 196 valence electrons. The lowest BCUT2D eigenvalue weighted by molar-refractivity contribution is -0.138. The van der Waals surface area contributed by atoms with Crippen molar-refractivity contribution in [3.05, 3.63) is 34.2 Å². The SMILES string of the molecule is COCCCn1cc(CN(C(=O)C2CNC[C@@H](C(=O)CC(CO)CC(C)C)C2)C2CC2)ccc1=O. The molecule has 1 saturated carbocycles. The number of aromatic nitrogens is 1. The predicted molar refractivity (Wildman–Crippen MR) is 135 cm³/mol. The van der Waals surface area contributed by atoms with Crippen molar-refractivity contribution < 1.29 is 19.4 Å². The van der Waals surface area contributed by atoms with Gasteiger partial charge in [-0.3, -0.25) is 14.4 Å². The molecule has 0 radical (unpaired) electrons. The van der Waals surface area contributed by atoms with Crippen LogP contribution < -0.4 is 10.9 Å². The Bertz CT molecular complexity index is 895. The van der Waals surface area contributed by atoms with Crippen LogP contribution in [-0.4, -0.2) is 65.7 Å². The van der Waals surface area contributed by atoms with E-state index in [9.17, 15) is 19.5 Å². The molecule has 0 aromatic carbocycles. The molecule has 2 aliphatic rings. The Hall–Kier alpha value is -2.03. The maximum atomic E-state index is 13.6. The number of piperidine rings is 1. The van der Waals surface area contributed by atoms with Crippen molar-refractivity contribution >= 4 is 11.7 Å². The number of Topliss-reactive ketones (excluding diaryl/α,β-unsaturated/α-hetero) is 1. The second-order valence-corrected chi connectivity index (χ2v) is 10.7. The molecular weight excluding hydrogens is 446 g/mol. The highest BCUT2D eigenvalue weighted by atomic mass is 16.5. The van der Waals surface area contributed by atoms with Gasteiger partial charge in [0.25, 0.3) is 5.56 Å². The number of methoxy groups -OCH3 is 1. The van der Waals surface area contributed by atoms with Gasteiger partial charge in [-0.05, 0) is 49.5 Å². The highest BCUT2D eigenvalue weighted by molar-refractivity contribution is 5.84. The van der Waals surface area contributed by atoms with Crippen LogP contribution in [0.15, 0.2) is 23.1 Å². The van der Waals surface area contributed by atoms with Crippen LogP contribution in [0.4, 0.5) is 0 Å². The lowest BCUT2D eigenvalue weighted by atomic mass is 9.82. The lowest BCUT2D eigenvalue weighted by Crippen LogP contribution is -2.48. The van der Waals surface area contributed by atoms with E-state index in [0.717, 1.165) is 31.2 Å². The predicted octanol–water partition coefficient (Wildman–Crippen LogP) is 2.22. The Labute approximate surface area is 209 Å². The number of pyridine rings is 1. The van der Waals surface area contributed by atoms with Crippen LogP contribution in [0.5, 0.6) is 0 Å². The minimum Gasteiger partial charge on any atom is -0.396 e. The monoisotopic (exact) mass is 489 g/mol. The lowest BCUT2D eigenvalue weighted by Gasteiger charge is -2.33. The van der Waals surface area contributed by atoms with Crippen molar-refractivity contribution in [2.75, 3.05) is 33.4 Å². The summed E-state index contributed by atoms with van der Waals surface area (Å²) in [6.45, 7) is 7.05. The Morgan fingerprint density at radius 2 is 1.97 bits per heavy atom. The summed E-state index contributed by atoms with van der Waals surface area (Å²) < 4.78 is 6.79. The molecule has 2 heterocycles. The van der Waals surface area contributed by atoms with Crippen LogP contribution in [0.25, 0.3) is 0 Å². The van der Waals surface area contributed by atoms with E-state index in [1.807, 2.05) is 17.2 Å². The van der Waals surface area contributed by atoms with Gasteiger partial charge in [0.05, 0.1) is 5.92 Å². The summed E-state index contributed by atoms with van der Waals surface area (Å²) in [7, 11) is 1.65. The molecule has 35 heavy (non-hydrogen) atoms. The zero-order valence-corrected chi connectivity index (χ0v) is 21.6. The third kappa shape index (κ3) is 8.26. The van der Waals surface area contributed by atoms with Gasteiger partial charge in [0.2, 0.25) is 5.91 Å². The maximum absolute atomic E-state index is 13.6. The molecule has 2 unspecified atom stereocenters. The topological polar surface area (TPSA) is 101 Å². The first-order valence-corrected chi connectivity index (χ1v) is 13.1. The van der Waals surface area contributed by atoms with E-state index in [-0.39, 0.29) is 47.7 Å². The fraction of sp³-hybridized carbons (Fsp3) is 0.741. The van der Waals surface area contributed by atoms with Crippen LogP contribution in [0.1, 0.15) is 57.9 Å². The van der Waals surface area contributed by atoms with Crippen LogP contribution in [0, 0.1) is 23.7 Å². The molecule has 2 N–H and O–H groups in total. The average molecular weight is 490 g/mol. The van der Waals surface area contributed by atoms with E-state index in [4.69, 9.17) is 4.74 Å². The first kappa shape index (κ1) is 27.6. The highest BCUT2D eigenvalue weighted by Crippen LogP contribution is 2.32. The molecule has 8 nitrogen and oxygen atoms in total. The van der Waals surface area contributed by atoms with Crippen molar-refractivity contribution in [2.45, 2.75) is 71.5 Å². The smallest absolute Gasteiger partial charge is 0.250 e. The van der Waals surface area contributed by atoms with Crippen molar-refractivity contribution in [3.8, 4) is 0 Å². The van der Waals surface area contributed by atoms with Gasteiger partial charge in [0.15, 0.2) is 0 Å². The summed E-state index contributed by atoms with van der Waals surface area (Å²) in [4.78, 5) is 40.7. The molecule has 3 rings (SSSR count). The molecule has 1 saturated heterocycles. The van der Waals surface area contributed by atoms with Gasteiger partial charge >= 0.3 is 0 Å². The number of aliphatic hydroxyl groups is 1. The molecule has 1 aliphatic heterocycles. The van der Waals surface area contributed by atoms with Gasteiger partial charge < -0.3 is 24.6 Å². The molecule has 0 spiro atoms. The van der Waals surface area contributed by atoms with Crippen LogP contribution in [0.3, 0.4) is 0 Å². The van der Waals surface area contributed by atoms with Crippen molar-refractivity contribution in [1.29, 1.82) is 0 Å². The fourth-order valence-electron chi connectivity index (χ4n) is 5.15. The molecular formula is C27H43N3O5. The van der Waals surface area contributed by atoms with Crippen LogP contribution in [-0.2, 0) is 27.4 Å². The Morgan fingerprint density at radius 3 is 2.63 bits per heavy atom. The summed E-state index contributed by atoms with van der Waals surface area (Å²) in [6, 6.07) is 3.62. The van der Waals surface area contributed by atoms with Crippen LogP contribution >= 0.6 is 0 Å². The van der Waals surface area contributed by atoms with Gasteiger partial charge in [0.1, 0.15) is 5.78 Å². The molecule has 8 heteroatoms. The van der Waals surface area contributed by atoms with Crippen LogP contribution in [0.2, 0.25) is 0 Å². The first-order valence-electron chi connectivity index (χ1n) is 13.1. The minimum absolute atomic E-state index is 0.0129. The van der Waals surface area contributed by atoms with E-state index in [2.05, 4.69) is 19.2 Å². The zero-order chi connectivity index (χ0) is 25.4. The Morgan fingerprint density at radius 1 is 1.23 bits per heavy atom. The summed E-state index contributed by atoms with van der Waals surface area (Å²) in [5.41, 5.74) is 0.892. The average Bonchev–Trinajstić information content (AvgIpc) is 3.68. The number of nitrogens with zero attached hydrogens (tertiary/aromatic N) is 2. The fourth-order valence-corrected chi connectivity index (χ4v) is 5.15. The Kier molecular flexibility index (Phi) is 10.5. The number of hydrogen-bond donors (Lipinski definition) is 2. The number of aliphatic hydroxyl groups excluding tert-OH is 1. The largest absolute Gasteiger partial charge is 0.396 e. The number of ketones is 1. The number of carbonyl (C=O) groups is 2. The third-order valence-electron chi connectivity index (χ3n) is 7.12. The molecule has 1 aromatic rings. The number of ether oxygens (including phenoxy) is 1. The summed E-state index contributed by atoms with van der Waals surface area (Å²) in [5.74, 6) is 0.235. The number of hydrogen-bond acceptors (Lipinski definition) is 6. The van der Waals surface area contributed by atoms with Crippen molar-refractivity contribution in [1.82, 2.24) is 14.8 Å². The molecule has 0 bridgehead atoms. The number of carbonyl (C=O) groups excluding carboxylic acids is 2. The van der Waals surface area contributed by atoms with Gasteiger partial charge in [-0.15, -0.1) is 0 Å². The normalized spacial score (nSPS) is 21.2. The second-order valence-electron chi connectivity index (χ2n) is 10.7. The van der Waals surface area contributed by atoms with Gasteiger partial charge in [-0.1, -0.05) is 19.9 Å². The second kappa shape index (κ2) is 13.3. The highest BCUT2D eigenvalue weighted by Gasteiger charge is 2.39. The molecule has 3 atom stereocenters. The molecule has 2 fully saturated rings. The number of amides is 1. The summed E-state index contributed by atoms with van der Waals surface area (Å²) in [6.07, 6.45) is 6.36. The molecule has 1 aromatic heterocycles. The Balaban J connectivity index is 1.63. The quantitative estimate of drug-likeness (QED) is 0.389. The van der Waals surface area contributed by atoms with E-state index in [1.165, 1.54) is 0 Å². The van der Waals surface area contributed by atoms with Crippen molar-refractivity contribution in [2.24, 2.45) is 23.7 Å². The number of nitrogens with one attached hydrogen (secondary N) is 1. The molecule has 1 amide bonds. The van der Waals surface area contributed by atoms with E-state index in [0.29, 0.717) is 51.5 Å². The van der Waals surface area contributed by atoms with Gasteiger partial charge in [-0.2, -0.15) is 0 Å².